The molecule has 0 radical (unpaired) electrons. The quantitative estimate of drug-likeness (QED) is 0.808. The molecule has 0 aliphatic rings. The lowest BCUT2D eigenvalue weighted by Gasteiger charge is -2.15. The standard InChI is InChI=1S/C11H14BrNS/c1-3-5-6-10(13-4-2)11-9(12)7-8-14-11/h1,7-8,10,13H,4-6H2,2H3. The first-order valence-electron chi connectivity index (χ1n) is 4.69. The van der Waals surface area contributed by atoms with E-state index in [2.05, 4.69) is 45.5 Å². The SMILES string of the molecule is C#CCCC(NCC)c1sccc1Br. The highest BCUT2D eigenvalue weighted by atomic mass is 79.9. The van der Waals surface area contributed by atoms with Crippen LogP contribution >= 0.6 is 27.3 Å². The van der Waals surface area contributed by atoms with Crippen LogP contribution in [0.3, 0.4) is 0 Å². The van der Waals surface area contributed by atoms with Gasteiger partial charge in [-0.05, 0) is 40.3 Å². The summed E-state index contributed by atoms with van der Waals surface area (Å²) in [6.45, 7) is 3.09. The monoisotopic (exact) mass is 271 g/mol. The molecule has 0 amide bonds. The number of nitrogens with one attached hydrogen (secondary N) is 1. The van der Waals surface area contributed by atoms with Crippen molar-refractivity contribution in [3.63, 3.8) is 0 Å². The Labute approximate surface area is 98.0 Å². The molecule has 14 heavy (non-hydrogen) atoms. The zero-order valence-electron chi connectivity index (χ0n) is 8.22. The van der Waals surface area contributed by atoms with Crippen LogP contribution in [0, 0.1) is 12.3 Å². The second-order valence-corrected chi connectivity index (χ2v) is 4.79. The van der Waals surface area contributed by atoms with E-state index in [9.17, 15) is 0 Å². The first-order chi connectivity index (χ1) is 6.79. The summed E-state index contributed by atoms with van der Waals surface area (Å²) in [6, 6.07) is 2.48. The predicted molar refractivity (Wildman–Crippen MR) is 66.5 cm³/mol. The second kappa shape index (κ2) is 6.23. The summed E-state index contributed by atoms with van der Waals surface area (Å²) < 4.78 is 1.19. The average molecular weight is 272 g/mol. The molecule has 1 atom stereocenters. The van der Waals surface area contributed by atoms with Crippen molar-refractivity contribution >= 4 is 27.3 Å². The summed E-state index contributed by atoms with van der Waals surface area (Å²) in [5.41, 5.74) is 0. The average Bonchev–Trinajstić information content (AvgIpc) is 2.59. The minimum Gasteiger partial charge on any atom is -0.309 e. The van der Waals surface area contributed by atoms with Crippen molar-refractivity contribution in [2.45, 2.75) is 25.8 Å². The Morgan fingerprint density at radius 3 is 3.00 bits per heavy atom. The highest BCUT2D eigenvalue weighted by Gasteiger charge is 2.13. The molecule has 1 rings (SSSR count). The molecule has 1 unspecified atom stereocenters. The van der Waals surface area contributed by atoms with Crippen molar-refractivity contribution in [2.24, 2.45) is 0 Å². The zero-order chi connectivity index (χ0) is 10.4. The molecule has 1 aromatic heterocycles. The van der Waals surface area contributed by atoms with Gasteiger partial charge in [-0.1, -0.05) is 6.92 Å². The molecule has 0 aliphatic heterocycles. The molecular weight excluding hydrogens is 258 g/mol. The normalized spacial score (nSPS) is 12.4. The van der Waals surface area contributed by atoms with Crippen LogP contribution in [0.4, 0.5) is 0 Å². The van der Waals surface area contributed by atoms with Crippen molar-refractivity contribution < 1.29 is 0 Å². The van der Waals surface area contributed by atoms with E-state index in [-0.39, 0.29) is 0 Å². The van der Waals surface area contributed by atoms with Gasteiger partial charge in [0, 0.05) is 21.8 Å². The summed E-state index contributed by atoms with van der Waals surface area (Å²) >= 11 is 5.32. The third-order valence-electron chi connectivity index (χ3n) is 1.99. The van der Waals surface area contributed by atoms with Crippen LogP contribution < -0.4 is 5.32 Å². The summed E-state index contributed by atoms with van der Waals surface area (Å²) in [4.78, 5) is 1.35. The molecule has 1 nitrogen and oxygen atoms in total. The number of hydrogen-bond acceptors (Lipinski definition) is 2. The largest absolute Gasteiger partial charge is 0.309 e. The van der Waals surface area contributed by atoms with Crippen LogP contribution in [0.15, 0.2) is 15.9 Å². The van der Waals surface area contributed by atoms with Gasteiger partial charge < -0.3 is 5.32 Å². The molecule has 0 bridgehead atoms. The Hall–Kier alpha value is -0.300. The van der Waals surface area contributed by atoms with Crippen LogP contribution in [-0.2, 0) is 0 Å². The fraction of sp³-hybridized carbons (Fsp3) is 0.455. The van der Waals surface area contributed by atoms with Gasteiger partial charge in [0.1, 0.15) is 0 Å². The lowest BCUT2D eigenvalue weighted by Crippen LogP contribution is -2.20. The Balaban J connectivity index is 2.68. The van der Waals surface area contributed by atoms with Gasteiger partial charge in [-0.2, -0.15) is 0 Å². The van der Waals surface area contributed by atoms with Gasteiger partial charge in [-0.3, -0.25) is 0 Å². The molecule has 0 aliphatic carbocycles. The summed E-state index contributed by atoms with van der Waals surface area (Å²) in [5, 5.41) is 5.54. The number of rotatable bonds is 5. The fourth-order valence-corrected chi connectivity index (χ4v) is 3.11. The topological polar surface area (TPSA) is 12.0 Å². The number of thiophene rings is 1. The van der Waals surface area contributed by atoms with Crippen molar-refractivity contribution in [1.29, 1.82) is 0 Å². The van der Waals surface area contributed by atoms with E-state index in [4.69, 9.17) is 6.42 Å². The molecule has 0 aromatic carbocycles. The summed E-state index contributed by atoms with van der Waals surface area (Å²) in [7, 11) is 0. The molecule has 1 heterocycles. The van der Waals surface area contributed by atoms with Gasteiger partial charge in [0.25, 0.3) is 0 Å². The van der Waals surface area contributed by atoms with E-state index in [0.29, 0.717) is 6.04 Å². The van der Waals surface area contributed by atoms with E-state index in [1.54, 1.807) is 11.3 Å². The Bertz CT molecular complexity index is 313. The maximum absolute atomic E-state index is 5.28. The first-order valence-corrected chi connectivity index (χ1v) is 6.36. The molecule has 1 N–H and O–H groups in total. The van der Waals surface area contributed by atoms with Gasteiger partial charge in [-0.15, -0.1) is 23.7 Å². The van der Waals surface area contributed by atoms with Crippen LogP contribution in [0.1, 0.15) is 30.7 Å². The first kappa shape index (κ1) is 11.8. The minimum atomic E-state index is 0.394. The summed E-state index contributed by atoms with van der Waals surface area (Å²) in [5.74, 6) is 2.69. The molecule has 0 saturated heterocycles. The van der Waals surface area contributed by atoms with E-state index in [1.165, 1.54) is 9.35 Å². The highest BCUT2D eigenvalue weighted by Crippen LogP contribution is 2.31. The van der Waals surface area contributed by atoms with Crippen LogP contribution in [-0.4, -0.2) is 6.54 Å². The third-order valence-corrected chi connectivity index (χ3v) is 3.97. The van der Waals surface area contributed by atoms with Gasteiger partial charge >= 0.3 is 0 Å². The van der Waals surface area contributed by atoms with Crippen LogP contribution in [0.2, 0.25) is 0 Å². The smallest absolute Gasteiger partial charge is 0.0435 e. The van der Waals surface area contributed by atoms with Crippen molar-refractivity contribution in [3.8, 4) is 12.3 Å². The number of halogens is 1. The highest BCUT2D eigenvalue weighted by molar-refractivity contribution is 9.10. The van der Waals surface area contributed by atoms with E-state index < -0.39 is 0 Å². The number of hydrogen-bond donors (Lipinski definition) is 1. The molecular formula is C11H14BrNS. The molecule has 0 spiro atoms. The second-order valence-electron chi connectivity index (χ2n) is 2.99. The Morgan fingerprint density at radius 1 is 1.71 bits per heavy atom. The van der Waals surface area contributed by atoms with Crippen molar-refractivity contribution in [2.75, 3.05) is 6.54 Å². The maximum atomic E-state index is 5.28. The van der Waals surface area contributed by atoms with Gasteiger partial charge in [0.05, 0.1) is 0 Å². The van der Waals surface area contributed by atoms with Crippen LogP contribution in [0.25, 0.3) is 0 Å². The Kier molecular flexibility index (Phi) is 5.24. The molecule has 0 saturated carbocycles. The van der Waals surface area contributed by atoms with E-state index in [0.717, 1.165) is 19.4 Å². The Morgan fingerprint density at radius 2 is 2.50 bits per heavy atom. The van der Waals surface area contributed by atoms with Gasteiger partial charge in [0.15, 0.2) is 0 Å². The van der Waals surface area contributed by atoms with Gasteiger partial charge in [0.2, 0.25) is 0 Å². The van der Waals surface area contributed by atoms with Crippen LogP contribution in [0.5, 0.6) is 0 Å². The zero-order valence-corrected chi connectivity index (χ0v) is 10.6. The van der Waals surface area contributed by atoms with Crippen molar-refractivity contribution in [1.82, 2.24) is 5.32 Å². The lowest BCUT2D eigenvalue weighted by molar-refractivity contribution is 0.529. The molecule has 76 valence electrons. The fourth-order valence-electron chi connectivity index (χ4n) is 1.35. The lowest BCUT2D eigenvalue weighted by atomic mass is 10.1. The van der Waals surface area contributed by atoms with E-state index >= 15 is 0 Å². The summed E-state index contributed by atoms with van der Waals surface area (Å²) in [6.07, 6.45) is 7.10. The van der Waals surface area contributed by atoms with E-state index in [1.807, 2.05) is 0 Å². The molecule has 3 heteroatoms. The predicted octanol–water partition coefficient (Wildman–Crippen LogP) is 3.57. The van der Waals surface area contributed by atoms with Crippen molar-refractivity contribution in [3.05, 3.63) is 20.8 Å². The van der Waals surface area contributed by atoms with Gasteiger partial charge in [-0.25, -0.2) is 0 Å². The molecule has 0 fully saturated rings. The maximum Gasteiger partial charge on any atom is 0.0435 e. The molecule has 1 aromatic rings. The number of terminal acetylenes is 1. The minimum absolute atomic E-state index is 0.394. The third kappa shape index (κ3) is 3.13.